The molecule has 0 bridgehead atoms. The van der Waals surface area contributed by atoms with Crippen LogP contribution in [0.15, 0.2) is 70.0 Å². The van der Waals surface area contributed by atoms with Gasteiger partial charge in [-0.05, 0) is 77.3 Å². The molecule has 9 nitrogen and oxygen atoms in total. The van der Waals surface area contributed by atoms with Gasteiger partial charge in [0.2, 0.25) is 5.91 Å². The van der Waals surface area contributed by atoms with Gasteiger partial charge in [0.15, 0.2) is 18.1 Å². The Morgan fingerprint density at radius 3 is 2.55 bits per heavy atom. The van der Waals surface area contributed by atoms with Crippen molar-refractivity contribution in [2.45, 2.75) is 13.0 Å². The number of halogens is 2. The molecule has 1 saturated heterocycles. The minimum Gasteiger partial charge on any atom is -0.493 e. The standard InChI is InChI=1S/C30H25BrFN3O6S/c1-40-24-12-20(23(31)14-25(24)41-17-27(36)33-22-8-6-21(32)7-9-22)13-26-29(38)35(30(39)42-26)16-28(37)34-11-10-18-4-2-3-5-19(18)15-34/h2-9,12-14H,10-11,15-17H2,1H3,(H,33,36)/b26-13-. The molecule has 2 aliphatic heterocycles. The molecule has 0 unspecified atom stereocenters. The molecule has 5 rings (SSSR count). The van der Waals surface area contributed by atoms with E-state index in [1.807, 2.05) is 24.3 Å². The molecule has 0 radical (unpaired) electrons. The highest BCUT2D eigenvalue weighted by Crippen LogP contribution is 2.38. The number of carbonyl (C=O) groups is 4. The van der Waals surface area contributed by atoms with Crippen molar-refractivity contribution in [1.82, 2.24) is 9.80 Å². The van der Waals surface area contributed by atoms with E-state index in [1.165, 1.54) is 43.0 Å². The number of hydrogen-bond donors (Lipinski definition) is 1. The lowest BCUT2D eigenvalue weighted by molar-refractivity contribution is -0.136. The van der Waals surface area contributed by atoms with Crippen LogP contribution in [0.1, 0.15) is 16.7 Å². The van der Waals surface area contributed by atoms with Gasteiger partial charge in [-0.25, -0.2) is 4.39 Å². The zero-order valence-corrected chi connectivity index (χ0v) is 24.8. The van der Waals surface area contributed by atoms with Gasteiger partial charge in [-0.1, -0.05) is 40.2 Å². The van der Waals surface area contributed by atoms with E-state index in [9.17, 15) is 23.6 Å². The zero-order valence-electron chi connectivity index (χ0n) is 22.4. The fourth-order valence-corrected chi connectivity index (χ4v) is 5.79. The second kappa shape index (κ2) is 12.8. The average molecular weight is 655 g/mol. The quantitative estimate of drug-likeness (QED) is 0.332. The maximum absolute atomic E-state index is 13.1. The molecule has 0 aliphatic carbocycles. The molecule has 0 saturated carbocycles. The predicted octanol–water partition coefficient (Wildman–Crippen LogP) is 5.24. The summed E-state index contributed by atoms with van der Waals surface area (Å²) in [4.78, 5) is 53.9. The summed E-state index contributed by atoms with van der Waals surface area (Å²) in [5.41, 5.74) is 3.21. The van der Waals surface area contributed by atoms with Gasteiger partial charge in [0.05, 0.1) is 12.0 Å². The second-order valence-corrected chi connectivity index (χ2v) is 11.3. The molecule has 12 heteroatoms. The van der Waals surface area contributed by atoms with E-state index >= 15 is 0 Å². The molecule has 0 atom stereocenters. The largest absolute Gasteiger partial charge is 0.493 e. The lowest BCUT2D eigenvalue weighted by atomic mass is 10.00. The Kier molecular flexibility index (Phi) is 8.93. The summed E-state index contributed by atoms with van der Waals surface area (Å²) in [6.45, 7) is 0.295. The van der Waals surface area contributed by atoms with Crippen molar-refractivity contribution in [1.29, 1.82) is 0 Å². The van der Waals surface area contributed by atoms with Crippen LogP contribution in [0.25, 0.3) is 6.08 Å². The minimum absolute atomic E-state index is 0.159. The minimum atomic E-state index is -0.556. The van der Waals surface area contributed by atoms with Gasteiger partial charge in [0.1, 0.15) is 12.4 Å². The monoisotopic (exact) mass is 653 g/mol. The van der Waals surface area contributed by atoms with Crippen molar-refractivity contribution < 1.29 is 33.0 Å². The highest BCUT2D eigenvalue weighted by atomic mass is 79.9. The lowest BCUT2D eigenvalue weighted by Gasteiger charge is -2.29. The summed E-state index contributed by atoms with van der Waals surface area (Å²) in [5, 5.41) is 2.09. The van der Waals surface area contributed by atoms with E-state index in [-0.39, 0.29) is 29.7 Å². The number of anilines is 1. The highest BCUT2D eigenvalue weighted by Gasteiger charge is 2.37. The number of thioether (sulfide) groups is 1. The molecule has 3 aromatic rings. The molecular weight excluding hydrogens is 629 g/mol. The van der Waals surface area contributed by atoms with Gasteiger partial charge in [-0.15, -0.1) is 0 Å². The van der Waals surface area contributed by atoms with Crippen LogP contribution >= 0.6 is 27.7 Å². The first-order chi connectivity index (χ1) is 20.2. The summed E-state index contributed by atoms with van der Waals surface area (Å²) in [6.07, 6.45) is 2.25. The van der Waals surface area contributed by atoms with E-state index in [1.54, 1.807) is 17.0 Å². The number of rotatable bonds is 8. The molecule has 0 spiro atoms. The molecule has 1 N–H and O–H groups in total. The topological polar surface area (TPSA) is 105 Å². The van der Waals surface area contributed by atoms with Crippen molar-refractivity contribution in [2.75, 3.05) is 32.1 Å². The van der Waals surface area contributed by atoms with Crippen LogP contribution in [-0.4, -0.2) is 59.6 Å². The second-order valence-electron chi connectivity index (χ2n) is 9.47. The van der Waals surface area contributed by atoms with E-state index < -0.39 is 22.9 Å². The Morgan fingerprint density at radius 1 is 1.07 bits per heavy atom. The van der Waals surface area contributed by atoms with Gasteiger partial charge < -0.3 is 19.7 Å². The summed E-state index contributed by atoms with van der Waals surface area (Å²) < 4.78 is 24.7. The van der Waals surface area contributed by atoms with Crippen molar-refractivity contribution in [2.24, 2.45) is 0 Å². The third-order valence-electron chi connectivity index (χ3n) is 6.71. The Labute approximate surface area is 253 Å². The fourth-order valence-electron chi connectivity index (χ4n) is 4.53. The summed E-state index contributed by atoms with van der Waals surface area (Å²) in [6, 6.07) is 16.4. The summed E-state index contributed by atoms with van der Waals surface area (Å²) in [7, 11) is 1.43. The van der Waals surface area contributed by atoms with Crippen LogP contribution in [0.5, 0.6) is 11.5 Å². The third kappa shape index (κ3) is 6.66. The molecular formula is C30H25BrFN3O6S. The van der Waals surface area contributed by atoms with Crippen molar-refractivity contribution >= 4 is 62.4 Å². The van der Waals surface area contributed by atoms with Crippen LogP contribution in [-0.2, 0) is 27.3 Å². The Balaban J connectivity index is 1.23. The molecule has 1 fully saturated rings. The number of fused-ring (bicyclic) bond motifs is 1. The Bertz CT molecular complexity index is 1600. The van der Waals surface area contributed by atoms with Crippen LogP contribution < -0.4 is 14.8 Å². The molecule has 42 heavy (non-hydrogen) atoms. The number of amides is 4. The molecule has 2 heterocycles. The number of imide groups is 1. The number of methoxy groups -OCH3 is 1. The Morgan fingerprint density at radius 2 is 1.81 bits per heavy atom. The van der Waals surface area contributed by atoms with E-state index in [4.69, 9.17) is 9.47 Å². The van der Waals surface area contributed by atoms with Gasteiger partial charge >= 0.3 is 0 Å². The van der Waals surface area contributed by atoms with Crippen LogP contribution in [0.4, 0.5) is 14.9 Å². The SMILES string of the molecule is COc1cc(/C=C2\SC(=O)N(CC(=O)N3CCc4ccccc4C3)C2=O)c(Br)cc1OCC(=O)Nc1ccc(F)cc1. The van der Waals surface area contributed by atoms with E-state index in [0.717, 1.165) is 28.6 Å². The first-order valence-electron chi connectivity index (χ1n) is 12.9. The number of ether oxygens (including phenoxy) is 2. The van der Waals surface area contributed by atoms with E-state index in [2.05, 4.69) is 21.2 Å². The third-order valence-corrected chi connectivity index (χ3v) is 8.30. The number of nitrogens with zero attached hydrogens (tertiary/aromatic N) is 2. The zero-order chi connectivity index (χ0) is 29.8. The number of carbonyl (C=O) groups excluding carboxylic acids is 4. The average Bonchev–Trinajstić information content (AvgIpc) is 3.25. The first-order valence-corrected chi connectivity index (χ1v) is 14.5. The number of hydrogen-bond acceptors (Lipinski definition) is 7. The van der Waals surface area contributed by atoms with Gasteiger partial charge in [0, 0.05) is 23.2 Å². The normalized spacial score (nSPS) is 15.5. The van der Waals surface area contributed by atoms with Crippen molar-refractivity contribution in [3.8, 4) is 11.5 Å². The molecule has 0 aromatic heterocycles. The van der Waals surface area contributed by atoms with Gasteiger partial charge in [0.25, 0.3) is 17.1 Å². The summed E-state index contributed by atoms with van der Waals surface area (Å²) in [5.74, 6) is -1.17. The molecule has 3 aromatic carbocycles. The fraction of sp³-hybridized carbons (Fsp3) is 0.200. The maximum Gasteiger partial charge on any atom is 0.294 e. The van der Waals surface area contributed by atoms with Crippen molar-refractivity contribution in [3.05, 3.63) is 92.5 Å². The molecule has 2 aliphatic rings. The van der Waals surface area contributed by atoms with Crippen molar-refractivity contribution in [3.63, 3.8) is 0 Å². The number of benzene rings is 3. The van der Waals surface area contributed by atoms with Gasteiger partial charge in [-0.2, -0.15) is 0 Å². The highest BCUT2D eigenvalue weighted by molar-refractivity contribution is 9.10. The van der Waals surface area contributed by atoms with E-state index in [0.29, 0.717) is 34.6 Å². The van der Waals surface area contributed by atoms with Crippen LogP contribution in [0.3, 0.4) is 0 Å². The maximum atomic E-state index is 13.1. The Hall–Kier alpha value is -4.16. The lowest BCUT2D eigenvalue weighted by Crippen LogP contribution is -2.44. The molecule has 4 amide bonds. The van der Waals surface area contributed by atoms with Crippen LogP contribution in [0.2, 0.25) is 0 Å². The number of nitrogens with one attached hydrogen (secondary N) is 1. The predicted molar refractivity (Wildman–Crippen MR) is 159 cm³/mol. The van der Waals surface area contributed by atoms with Crippen LogP contribution in [0, 0.1) is 5.82 Å². The smallest absolute Gasteiger partial charge is 0.294 e. The van der Waals surface area contributed by atoms with Gasteiger partial charge in [-0.3, -0.25) is 24.1 Å². The summed E-state index contributed by atoms with van der Waals surface area (Å²) >= 11 is 4.20. The first kappa shape index (κ1) is 29.3. The molecule has 216 valence electrons.